The topological polar surface area (TPSA) is 34.1 Å². The summed E-state index contributed by atoms with van der Waals surface area (Å²) in [7, 11) is 0. The van der Waals surface area contributed by atoms with Gasteiger partial charge in [0.15, 0.2) is 0 Å². The predicted molar refractivity (Wildman–Crippen MR) is 44.9 cm³/mol. The molecule has 2 heteroatoms. The molecule has 0 heterocycles. The van der Waals surface area contributed by atoms with Gasteiger partial charge in [-0.25, -0.2) is 0 Å². The predicted octanol–water partition coefficient (Wildman–Crippen LogP) is 0.368. The molecule has 14 heavy (non-hydrogen) atoms. The Bertz CT molecular complexity index is 367. The molecule has 0 aromatic carbocycles. The Kier molecular flexibility index (Phi) is 0.548. The molecule has 7 aliphatic rings. The van der Waals surface area contributed by atoms with Crippen molar-refractivity contribution < 1.29 is 9.59 Å². The Labute approximate surface area is 81.0 Å². The molecule has 70 valence electrons. The van der Waals surface area contributed by atoms with E-state index in [0.717, 1.165) is 0 Å². The number of carbonyl (C=O) groups is 2. The molecular weight excluding hydrogens is 176 g/mol. The minimum absolute atomic E-state index is 0.373. The highest BCUT2D eigenvalue weighted by Gasteiger charge is 2.91. The van der Waals surface area contributed by atoms with Gasteiger partial charge in [-0.3, -0.25) is 9.59 Å². The summed E-state index contributed by atoms with van der Waals surface area (Å²) >= 11 is 0. The van der Waals surface area contributed by atoms with E-state index in [9.17, 15) is 9.59 Å². The number of rotatable bonds is 0. The number of hydrogen-bond donors (Lipinski definition) is 0. The van der Waals surface area contributed by atoms with Gasteiger partial charge >= 0.3 is 0 Å². The number of ketones is 2. The summed E-state index contributed by atoms with van der Waals surface area (Å²) in [5, 5.41) is 0. The lowest BCUT2D eigenvalue weighted by atomic mass is 9.60. The molecule has 0 radical (unpaired) electrons. The summed E-state index contributed by atoms with van der Waals surface area (Å²) in [5.41, 5.74) is 0. The second-order valence-electron chi connectivity index (χ2n) is 6.37. The molecule has 7 rings (SSSR count). The van der Waals surface area contributed by atoms with Gasteiger partial charge in [0, 0.05) is 23.7 Å². The van der Waals surface area contributed by atoms with Crippen molar-refractivity contribution in [3.8, 4) is 0 Å². The molecule has 0 N–H and O–H groups in total. The van der Waals surface area contributed by atoms with Crippen LogP contribution in [0.15, 0.2) is 0 Å². The van der Waals surface area contributed by atoms with Crippen LogP contribution in [0.2, 0.25) is 0 Å². The zero-order chi connectivity index (χ0) is 8.93. The second kappa shape index (κ2) is 1.27. The van der Waals surface area contributed by atoms with Crippen LogP contribution in [0, 0.1) is 59.2 Å². The lowest BCUT2D eigenvalue weighted by Gasteiger charge is -2.43. The zero-order valence-electron chi connectivity index (χ0n) is 7.59. The van der Waals surface area contributed by atoms with Crippen LogP contribution in [-0.4, -0.2) is 11.6 Å². The van der Waals surface area contributed by atoms with Crippen LogP contribution in [0.25, 0.3) is 0 Å². The highest BCUT2D eigenvalue weighted by molar-refractivity contribution is 6.02. The normalized spacial score (nSPS) is 82.6. The smallest absolute Gasteiger partial charge is 0.140 e. The highest BCUT2D eigenvalue weighted by Crippen LogP contribution is 2.88. The van der Waals surface area contributed by atoms with Crippen LogP contribution < -0.4 is 0 Å². The average Bonchev–Trinajstić information content (AvgIpc) is 2.74. The summed E-state index contributed by atoms with van der Waals surface area (Å²) < 4.78 is 0. The molecule has 7 aliphatic carbocycles. The van der Waals surface area contributed by atoms with E-state index in [0.29, 0.717) is 70.7 Å². The fourth-order valence-electron chi connectivity index (χ4n) is 7.19. The molecule has 7 fully saturated rings. The van der Waals surface area contributed by atoms with E-state index < -0.39 is 0 Å². The van der Waals surface area contributed by atoms with Gasteiger partial charge in [-0.1, -0.05) is 0 Å². The Morgan fingerprint density at radius 2 is 0.786 bits per heavy atom. The number of Topliss-reactive ketones (excluding diaryl/α,β-unsaturated/α-hetero) is 2. The maximum absolute atomic E-state index is 12.1. The van der Waals surface area contributed by atoms with Crippen molar-refractivity contribution in [2.24, 2.45) is 59.2 Å². The summed E-state index contributed by atoms with van der Waals surface area (Å²) in [6.45, 7) is 0. The van der Waals surface area contributed by atoms with Gasteiger partial charge in [-0.2, -0.15) is 0 Å². The summed E-state index contributed by atoms with van der Waals surface area (Å²) in [6, 6.07) is 0. The minimum Gasteiger partial charge on any atom is -0.299 e. The molecule has 0 aromatic heterocycles. The van der Waals surface area contributed by atoms with Crippen molar-refractivity contribution in [3.63, 3.8) is 0 Å². The van der Waals surface area contributed by atoms with E-state index in [1.54, 1.807) is 0 Å². The number of hydrogen-bond acceptors (Lipinski definition) is 2. The van der Waals surface area contributed by atoms with Gasteiger partial charge in [0.05, 0.1) is 0 Å². The van der Waals surface area contributed by atoms with E-state index in [-0.39, 0.29) is 0 Å². The monoisotopic (exact) mass is 186 g/mol. The molecule has 0 aromatic rings. The number of carbonyl (C=O) groups excluding carboxylic acids is 2. The second-order valence-corrected chi connectivity index (χ2v) is 6.37. The first-order valence-electron chi connectivity index (χ1n) is 5.90. The first-order chi connectivity index (χ1) is 6.82. The SMILES string of the molecule is O=C1[C@@H]2C3C4C5C3[C@@H]1C1C2[C@@H]4C(=O)[C@@H]51. The fraction of sp³-hybridized carbons (Fsp3) is 0.833. The van der Waals surface area contributed by atoms with Gasteiger partial charge in [0.1, 0.15) is 11.6 Å². The largest absolute Gasteiger partial charge is 0.299 e. The minimum atomic E-state index is 0.373. The standard InChI is InChI=1S/C12H10O2/c13-11-7-1-2-4-3(1)9(11)6-5(7)8(2)12(14)10(4)6/h1-10H/t1?,2?,3?,4?,5?,6?,7-,8-,9-,10+/m1/s1. The Morgan fingerprint density at radius 3 is 1.07 bits per heavy atom. The van der Waals surface area contributed by atoms with E-state index in [2.05, 4.69) is 0 Å². The molecular formula is C12H10O2. The van der Waals surface area contributed by atoms with Crippen LogP contribution in [0.1, 0.15) is 0 Å². The summed E-state index contributed by atoms with van der Waals surface area (Å²) in [6.07, 6.45) is 0. The average molecular weight is 186 g/mol. The Morgan fingerprint density at radius 1 is 0.500 bits per heavy atom. The zero-order valence-corrected chi connectivity index (χ0v) is 7.59. The molecule has 0 aliphatic heterocycles. The highest BCUT2D eigenvalue weighted by atomic mass is 16.1. The van der Waals surface area contributed by atoms with E-state index in [1.165, 1.54) is 0 Å². The molecule has 6 unspecified atom stereocenters. The van der Waals surface area contributed by atoms with Gasteiger partial charge in [0.25, 0.3) is 0 Å². The van der Waals surface area contributed by atoms with Crippen LogP contribution in [0.4, 0.5) is 0 Å². The fourth-order valence-corrected chi connectivity index (χ4v) is 7.19. The molecule has 0 amide bonds. The molecule has 7 saturated carbocycles. The van der Waals surface area contributed by atoms with Crippen LogP contribution >= 0.6 is 0 Å². The molecule has 0 saturated heterocycles. The van der Waals surface area contributed by atoms with Crippen LogP contribution in [0.5, 0.6) is 0 Å². The summed E-state index contributed by atoms with van der Waals surface area (Å²) in [4.78, 5) is 24.1. The van der Waals surface area contributed by atoms with Gasteiger partial charge in [-0.05, 0) is 35.5 Å². The maximum Gasteiger partial charge on any atom is 0.140 e. The first kappa shape index (κ1) is 6.04. The molecule has 4 bridgehead atoms. The third-order valence-corrected chi connectivity index (χ3v) is 6.85. The van der Waals surface area contributed by atoms with Gasteiger partial charge in [0.2, 0.25) is 0 Å². The lowest BCUT2D eigenvalue weighted by molar-refractivity contribution is -0.124. The Balaban J connectivity index is 1.83. The maximum atomic E-state index is 12.1. The molecule has 0 spiro atoms. The van der Waals surface area contributed by atoms with Crippen LogP contribution in [-0.2, 0) is 9.59 Å². The van der Waals surface area contributed by atoms with Crippen molar-refractivity contribution in [1.82, 2.24) is 0 Å². The van der Waals surface area contributed by atoms with Crippen molar-refractivity contribution in [3.05, 3.63) is 0 Å². The molecule has 10 atom stereocenters. The van der Waals surface area contributed by atoms with Crippen molar-refractivity contribution >= 4 is 11.6 Å². The quantitative estimate of drug-likeness (QED) is 0.547. The molecule has 2 nitrogen and oxygen atoms in total. The van der Waals surface area contributed by atoms with Crippen molar-refractivity contribution in [2.75, 3.05) is 0 Å². The summed E-state index contributed by atoms with van der Waals surface area (Å²) in [5.74, 6) is 6.54. The van der Waals surface area contributed by atoms with E-state index >= 15 is 0 Å². The lowest BCUT2D eigenvalue weighted by Crippen LogP contribution is -2.41. The Hall–Kier alpha value is -0.660. The van der Waals surface area contributed by atoms with E-state index in [4.69, 9.17) is 0 Å². The van der Waals surface area contributed by atoms with Crippen LogP contribution in [0.3, 0.4) is 0 Å². The van der Waals surface area contributed by atoms with Gasteiger partial charge in [-0.15, -0.1) is 0 Å². The third kappa shape index (κ3) is 0.267. The van der Waals surface area contributed by atoms with E-state index in [1.807, 2.05) is 0 Å². The third-order valence-electron chi connectivity index (χ3n) is 6.85. The van der Waals surface area contributed by atoms with Crippen molar-refractivity contribution in [1.29, 1.82) is 0 Å². The first-order valence-corrected chi connectivity index (χ1v) is 5.90. The van der Waals surface area contributed by atoms with Gasteiger partial charge < -0.3 is 0 Å². The van der Waals surface area contributed by atoms with Crippen molar-refractivity contribution in [2.45, 2.75) is 0 Å².